The van der Waals surface area contributed by atoms with Crippen LogP contribution in [0.3, 0.4) is 0 Å². The van der Waals surface area contributed by atoms with Crippen LogP contribution < -0.4 is 0 Å². The largest absolute Gasteiger partial charge is 0.478 e. The number of carboxylic acids is 1. The molecule has 0 unspecified atom stereocenters. The smallest absolute Gasteiger partial charge is 0.335 e. The maximum Gasteiger partial charge on any atom is 0.335 e. The molecule has 5 heteroatoms. The second kappa shape index (κ2) is 8.65. The molecule has 0 saturated heterocycles. The first-order valence-electron chi connectivity index (χ1n) is 2.59. The number of aromatic carboxylic acids is 1. The van der Waals surface area contributed by atoms with E-state index in [1.807, 2.05) is 0 Å². The summed E-state index contributed by atoms with van der Waals surface area (Å²) in [5, 5.41) is 8.38. The lowest BCUT2D eigenvalue weighted by molar-refractivity contribution is 0.0697. The molecule has 2 nitrogen and oxygen atoms in total. The predicted octanol–water partition coefficient (Wildman–Crippen LogP) is 2.65. The van der Waals surface area contributed by atoms with Gasteiger partial charge in [0.1, 0.15) is 0 Å². The second-order valence-electron chi connectivity index (χ2n) is 1.67. The number of benzene rings is 1. The first-order chi connectivity index (χ1) is 4.30. The molecule has 0 spiro atoms. The molecule has 0 aliphatic carbocycles. The first-order valence-corrected chi connectivity index (χ1v) is 2.59. The van der Waals surface area contributed by atoms with Crippen LogP contribution in [0.5, 0.6) is 0 Å². The standard InChI is InChI=1S/C7H6O2.3ClH/c8-7(9)6-4-2-1-3-5-6;;;/h1-5H,(H,8,9);3*1H. The van der Waals surface area contributed by atoms with Crippen LogP contribution in [0.2, 0.25) is 0 Å². The third kappa shape index (κ3) is 5.24. The van der Waals surface area contributed by atoms with E-state index in [0.29, 0.717) is 5.56 Å². The summed E-state index contributed by atoms with van der Waals surface area (Å²) >= 11 is 0. The summed E-state index contributed by atoms with van der Waals surface area (Å²) in [6.07, 6.45) is 0. The highest BCUT2D eigenvalue weighted by Gasteiger charge is 1.96. The van der Waals surface area contributed by atoms with E-state index < -0.39 is 5.97 Å². The molecule has 1 rings (SSSR count). The van der Waals surface area contributed by atoms with Crippen LogP contribution >= 0.6 is 37.2 Å². The van der Waals surface area contributed by atoms with Gasteiger partial charge in [-0.15, -0.1) is 37.2 Å². The monoisotopic (exact) mass is 230 g/mol. The summed E-state index contributed by atoms with van der Waals surface area (Å²) in [6.45, 7) is 0. The van der Waals surface area contributed by atoms with E-state index in [1.54, 1.807) is 30.3 Å². The Labute approximate surface area is 89.2 Å². The van der Waals surface area contributed by atoms with Crippen molar-refractivity contribution in [2.75, 3.05) is 0 Å². The van der Waals surface area contributed by atoms with Gasteiger partial charge in [-0.1, -0.05) is 18.2 Å². The molecule has 1 N–H and O–H groups in total. The number of halogens is 3. The Morgan fingerprint density at radius 1 is 1.00 bits per heavy atom. The fraction of sp³-hybridized carbons (Fsp3) is 0. The summed E-state index contributed by atoms with van der Waals surface area (Å²) in [5.74, 6) is -0.879. The van der Waals surface area contributed by atoms with Crippen molar-refractivity contribution >= 4 is 43.2 Å². The summed E-state index contributed by atoms with van der Waals surface area (Å²) in [4.78, 5) is 10.2. The molecule has 1 aromatic carbocycles. The van der Waals surface area contributed by atoms with Crippen LogP contribution in [0.1, 0.15) is 10.4 Å². The third-order valence-electron chi connectivity index (χ3n) is 1.02. The van der Waals surface area contributed by atoms with Gasteiger partial charge in [0.2, 0.25) is 0 Å². The van der Waals surface area contributed by atoms with E-state index in [4.69, 9.17) is 5.11 Å². The van der Waals surface area contributed by atoms with E-state index >= 15 is 0 Å². The fourth-order valence-corrected chi connectivity index (χ4v) is 0.581. The van der Waals surface area contributed by atoms with Crippen LogP contribution in [0.25, 0.3) is 0 Å². The van der Waals surface area contributed by atoms with Gasteiger partial charge in [-0.05, 0) is 12.1 Å². The summed E-state index contributed by atoms with van der Waals surface area (Å²) in [5.41, 5.74) is 0.331. The van der Waals surface area contributed by atoms with Gasteiger partial charge in [-0.2, -0.15) is 0 Å². The van der Waals surface area contributed by atoms with Gasteiger partial charge in [-0.25, -0.2) is 4.79 Å². The molecule has 0 saturated carbocycles. The van der Waals surface area contributed by atoms with Gasteiger partial charge in [-0.3, -0.25) is 0 Å². The number of rotatable bonds is 1. The number of hydrogen-bond acceptors (Lipinski definition) is 1. The quantitative estimate of drug-likeness (QED) is 0.807. The number of carbonyl (C=O) groups is 1. The highest BCUT2D eigenvalue weighted by atomic mass is 35.5. The first kappa shape index (κ1) is 17.6. The maximum atomic E-state index is 10.2. The van der Waals surface area contributed by atoms with Crippen molar-refractivity contribution in [2.24, 2.45) is 0 Å². The summed E-state index contributed by atoms with van der Waals surface area (Å²) < 4.78 is 0. The minimum atomic E-state index is -0.879. The van der Waals surface area contributed by atoms with E-state index in [1.165, 1.54) is 0 Å². The lowest BCUT2D eigenvalue weighted by Crippen LogP contribution is -1.93. The Bertz CT molecular complexity index is 213. The maximum absolute atomic E-state index is 10.2. The predicted molar refractivity (Wildman–Crippen MR) is 55.1 cm³/mol. The molecule has 70 valence electrons. The average molecular weight is 232 g/mol. The molecule has 0 aromatic heterocycles. The second-order valence-corrected chi connectivity index (χ2v) is 1.67. The van der Waals surface area contributed by atoms with E-state index in [9.17, 15) is 4.79 Å². The van der Waals surface area contributed by atoms with Gasteiger partial charge < -0.3 is 5.11 Å². The molecule has 0 heterocycles. The highest BCUT2D eigenvalue weighted by Crippen LogP contribution is 1.96. The molecule has 0 atom stereocenters. The lowest BCUT2D eigenvalue weighted by Gasteiger charge is -1.88. The van der Waals surface area contributed by atoms with Crippen molar-refractivity contribution in [1.29, 1.82) is 0 Å². The molecule has 0 aliphatic heterocycles. The van der Waals surface area contributed by atoms with Gasteiger partial charge >= 0.3 is 5.97 Å². The van der Waals surface area contributed by atoms with Gasteiger partial charge in [0.25, 0.3) is 0 Å². The molecule has 0 bridgehead atoms. The molecular weight excluding hydrogens is 222 g/mol. The van der Waals surface area contributed by atoms with Gasteiger partial charge in [0, 0.05) is 0 Å². The molecule has 12 heavy (non-hydrogen) atoms. The van der Waals surface area contributed by atoms with Crippen molar-refractivity contribution in [3.8, 4) is 0 Å². The normalized spacial score (nSPS) is 6.67. The Morgan fingerprint density at radius 3 is 1.67 bits per heavy atom. The van der Waals surface area contributed by atoms with Crippen molar-refractivity contribution in [3.63, 3.8) is 0 Å². The van der Waals surface area contributed by atoms with E-state index in [-0.39, 0.29) is 37.2 Å². The van der Waals surface area contributed by atoms with Crippen molar-refractivity contribution in [2.45, 2.75) is 0 Å². The van der Waals surface area contributed by atoms with Crippen molar-refractivity contribution < 1.29 is 9.90 Å². The minimum Gasteiger partial charge on any atom is -0.478 e. The Balaban J connectivity index is -0.000000270. The summed E-state index contributed by atoms with van der Waals surface area (Å²) in [7, 11) is 0. The SMILES string of the molecule is Cl.Cl.Cl.O=C(O)c1ccccc1. The average Bonchev–Trinajstić information content (AvgIpc) is 1.90. The van der Waals surface area contributed by atoms with Gasteiger partial charge in [0.15, 0.2) is 0 Å². The van der Waals surface area contributed by atoms with E-state index in [2.05, 4.69) is 0 Å². The van der Waals surface area contributed by atoms with E-state index in [0.717, 1.165) is 0 Å². The fourth-order valence-electron chi connectivity index (χ4n) is 0.581. The molecule has 0 fully saturated rings. The minimum absolute atomic E-state index is 0. The zero-order valence-corrected chi connectivity index (χ0v) is 8.42. The third-order valence-corrected chi connectivity index (χ3v) is 1.02. The van der Waals surface area contributed by atoms with Crippen LogP contribution in [0.15, 0.2) is 30.3 Å². The van der Waals surface area contributed by atoms with Crippen LogP contribution in [-0.4, -0.2) is 11.1 Å². The van der Waals surface area contributed by atoms with Crippen LogP contribution in [0.4, 0.5) is 0 Å². The molecule has 1 aromatic rings. The van der Waals surface area contributed by atoms with Gasteiger partial charge in [0.05, 0.1) is 5.56 Å². The molecular formula is C7H9Cl3O2. The number of carboxylic acid groups (broad SMARTS) is 1. The Morgan fingerprint density at radius 2 is 1.42 bits per heavy atom. The topological polar surface area (TPSA) is 37.3 Å². The molecule has 0 radical (unpaired) electrons. The summed E-state index contributed by atoms with van der Waals surface area (Å²) in [6, 6.07) is 8.30. The number of hydrogen-bond donors (Lipinski definition) is 1. The van der Waals surface area contributed by atoms with Crippen LogP contribution in [-0.2, 0) is 0 Å². The Kier molecular flexibility index (Phi) is 12.7. The molecule has 0 amide bonds. The highest BCUT2D eigenvalue weighted by molar-refractivity contribution is 5.87. The zero-order valence-electron chi connectivity index (χ0n) is 5.97. The van der Waals surface area contributed by atoms with Crippen molar-refractivity contribution in [3.05, 3.63) is 35.9 Å². The van der Waals surface area contributed by atoms with Crippen molar-refractivity contribution in [1.82, 2.24) is 0 Å². The Hall–Kier alpha value is -0.440. The molecule has 0 aliphatic rings. The lowest BCUT2D eigenvalue weighted by atomic mass is 10.2. The van der Waals surface area contributed by atoms with Crippen LogP contribution in [0, 0.1) is 0 Å². The zero-order chi connectivity index (χ0) is 6.69.